The highest BCUT2D eigenvalue weighted by Gasteiger charge is 2.63. The molecule has 5 aliphatic rings. The molecule has 10 atom stereocenters. The maximum absolute atomic E-state index is 13.8. The van der Waals surface area contributed by atoms with Crippen LogP contribution in [0.25, 0.3) is 0 Å². The van der Waals surface area contributed by atoms with Crippen molar-refractivity contribution in [3.63, 3.8) is 0 Å². The third-order valence-electron chi connectivity index (χ3n) is 12.6. The zero-order valence-electron chi connectivity index (χ0n) is 23.7. The highest BCUT2D eigenvalue weighted by molar-refractivity contribution is 5.99. The lowest BCUT2D eigenvalue weighted by Crippen LogP contribution is -2.58. The summed E-state index contributed by atoms with van der Waals surface area (Å²) in [5, 5.41) is 22.1. The Hall–Kier alpha value is -1.66. The Morgan fingerprint density at radius 1 is 1.08 bits per heavy atom. The summed E-state index contributed by atoms with van der Waals surface area (Å²) < 4.78 is 13.8. The molecule has 4 saturated carbocycles. The molecule has 0 spiro atoms. The number of carbonyl (C=O) groups is 1. The second-order valence-electron chi connectivity index (χ2n) is 14.2. The number of nitrogens with zero attached hydrogens (tertiary/aromatic N) is 2. The van der Waals surface area contributed by atoms with Crippen LogP contribution in [0.4, 0.5) is 15.8 Å². The van der Waals surface area contributed by atoms with Crippen LogP contribution in [0.3, 0.4) is 0 Å². The standard InChI is InChI=1S/C32H47FN2O3/c1-19(5-12-30(38)35-18-34(4)28-16-21(33)7-11-27(28)35)24-9-10-25-23-8-6-20-15-22(36)13-14-31(20,2)26(23)17-29(37)32(24,25)3/h7,11,16,19-20,22-26,29,36-37H,5-6,8-10,12-15,17-18H2,1-4H3/t19-,20-,22-,23+,24-,25+,26+,29+,31+,32-/m1/s1. The van der Waals surface area contributed by atoms with Crippen molar-refractivity contribution in [2.45, 2.75) is 97.2 Å². The zero-order valence-corrected chi connectivity index (χ0v) is 23.7. The van der Waals surface area contributed by atoms with Gasteiger partial charge in [0.15, 0.2) is 0 Å². The summed E-state index contributed by atoms with van der Waals surface area (Å²) in [4.78, 5) is 17.0. The van der Waals surface area contributed by atoms with Crippen molar-refractivity contribution in [1.29, 1.82) is 0 Å². The molecule has 1 aromatic rings. The molecule has 0 aromatic heterocycles. The van der Waals surface area contributed by atoms with Gasteiger partial charge in [0.05, 0.1) is 30.3 Å². The van der Waals surface area contributed by atoms with E-state index in [1.54, 1.807) is 11.0 Å². The lowest BCUT2D eigenvalue weighted by molar-refractivity contribution is -0.174. The highest BCUT2D eigenvalue weighted by Crippen LogP contribution is 2.68. The molecule has 4 fully saturated rings. The van der Waals surface area contributed by atoms with Crippen LogP contribution in [0.5, 0.6) is 0 Å². The van der Waals surface area contributed by atoms with Gasteiger partial charge in [-0.15, -0.1) is 0 Å². The van der Waals surface area contributed by atoms with Crippen molar-refractivity contribution < 1.29 is 19.4 Å². The molecule has 1 heterocycles. The molecular formula is C32H47FN2O3. The molecule has 38 heavy (non-hydrogen) atoms. The molecule has 0 unspecified atom stereocenters. The number of aliphatic hydroxyl groups is 2. The van der Waals surface area contributed by atoms with E-state index in [4.69, 9.17) is 0 Å². The second kappa shape index (κ2) is 9.47. The second-order valence-corrected chi connectivity index (χ2v) is 14.2. The Bertz CT molecular complexity index is 1080. The first-order chi connectivity index (χ1) is 18.0. The van der Waals surface area contributed by atoms with Gasteiger partial charge in [-0.25, -0.2) is 4.39 Å². The van der Waals surface area contributed by atoms with Gasteiger partial charge < -0.3 is 15.1 Å². The summed E-state index contributed by atoms with van der Waals surface area (Å²) in [6.45, 7) is 7.60. The number of amides is 1. The molecule has 0 saturated heterocycles. The van der Waals surface area contributed by atoms with Gasteiger partial charge in [-0.05, 0) is 122 Å². The monoisotopic (exact) mass is 526 g/mol. The molecule has 6 heteroatoms. The minimum Gasteiger partial charge on any atom is -0.393 e. The lowest BCUT2D eigenvalue weighted by Gasteiger charge is -2.62. The van der Waals surface area contributed by atoms with Gasteiger partial charge in [0.25, 0.3) is 0 Å². The fourth-order valence-electron chi connectivity index (χ4n) is 10.5. The lowest BCUT2D eigenvalue weighted by atomic mass is 9.43. The van der Waals surface area contributed by atoms with Crippen LogP contribution in [-0.4, -0.2) is 42.0 Å². The number of rotatable bonds is 4. The minimum absolute atomic E-state index is 0.0843. The summed E-state index contributed by atoms with van der Waals surface area (Å²) in [5.41, 5.74) is 1.74. The Labute approximate surface area is 227 Å². The van der Waals surface area contributed by atoms with Crippen molar-refractivity contribution in [2.24, 2.45) is 46.3 Å². The van der Waals surface area contributed by atoms with Crippen LogP contribution in [-0.2, 0) is 4.79 Å². The molecule has 5 nitrogen and oxygen atoms in total. The van der Waals surface area contributed by atoms with E-state index < -0.39 is 0 Å². The third kappa shape index (κ3) is 3.95. The largest absolute Gasteiger partial charge is 0.393 e. The van der Waals surface area contributed by atoms with Crippen molar-refractivity contribution in [1.82, 2.24) is 0 Å². The molecule has 4 aliphatic carbocycles. The van der Waals surface area contributed by atoms with Gasteiger partial charge in [-0.2, -0.15) is 0 Å². The number of hydrogen-bond donors (Lipinski definition) is 2. The summed E-state index contributed by atoms with van der Waals surface area (Å²) in [6.07, 6.45) is 9.51. The van der Waals surface area contributed by atoms with Crippen LogP contribution in [0.2, 0.25) is 0 Å². The van der Waals surface area contributed by atoms with Crippen molar-refractivity contribution in [2.75, 3.05) is 23.5 Å². The van der Waals surface area contributed by atoms with Crippen LogP contribution in [0.1, 0.15) is 85.0 Å². The Morgan fingerprint density at radius 2 is 1.87 bits per heavy atom. The number of halogens is 1. The van der Waals surface area contributed by atoms with Crippen LogP contribution in [0.15, 0.2) is 18.2 Å². The molecule has 6 rings (SSSR count). The summed E-state index contributed by atoms with van der Waals surface area (Å²) >= 11 is 0. The van der Waals surface area contributed by atoms with E-state index in [0.29, 0.717) is 48.6 Å². The fraction of sp³-hybridized carbons (Fsp3) is 0.781. The van der Waals surface area contributed by atoms with E-state index in [1.165, 1.54) is 31.4 Å². The van der Waals surface area contributed by atoms with Crippen molar-refractivity contribution in [3.05, 3.63) is 24.0 Å². The predicted octanol–water partition coefficient (Wildman–Crippen LogP) is 5.97. The summed E-state index contributed by atoms with van der Waals surface area (Å²) in [7, 11) is 1.90. The highest BCUT2D eigenvalue weighted by atomic mass is 19.1. The number of fused-ring (bicyclic) bond motifs is 6. The number of benzene rings is 1. The van der Waals surface area contributed by atoms with E-state index in [1.807, 2.05) is 11.9 Å². The molecule has 2 N–H and O–H groups in total. The van der Waals surface area contributed by atoms with Crippen LogP contribution < -0.4 is 9.80 Å². The zero-order chi connectivity index (χ0) is 27.0. The summed E-state index contributed by atoms with van der Waals surface area (Å²) in [5.74, 6) is 3.01. The number of hydrogen-bond acceptors (Lipinski definition) is 4. The SMILES string of the molecule is C[C@H](CCC(=O)N1CN(C)c2cc(F)ccc21)[C@H]1CC[C@H]2[C@@H]3CC[C@@H]4C[C@H](O)CC[C@]4(C)[C@H]3C[C@H](O)[C@]12C. The van der Waals surface area contributed by atoms with Gasteiger partial charge in [-0.3, -0.25) is 9.69 Å². The first-order valence-electron chi connectivity index (χ1n) is 15.2. The average Bonchev–Trinajstić information content (AvgIpc) is 3.41. The van der Waals surface area contributed by atoms with E-state index in [2.05, 4.69) is 20.8 Å². The maximum Gasteiger partial charge on any atom is 0.228 e. The Balaban J connectivity index is 1.14. The van der Waals surface area contributed by atoms with Crippen LogP contribution in [0, 0.1) is 52.2 Å². The number of carbonyl (C=O) groups excluding carboxylic acids is 1. The van der Waals surface area contributed by atoms with Gasteiger partial charge >= 0.3 is 0 Å². The first kappa shape index (κ1) is 26.6. The van der Waals surface area contributed by atoms with Crippen molar-refractivity contribution >= 4 is 17.3 Å². The molecule has 1 amide bonds. The van der Waals surface area contributed by atoms with Crippen LogP contribution >= 0.6 is 0 Å². The normalized spacial score (nSPS) is 42.8. The molecule has 0 radical (unpaired) electrons. The summed E-state index contributed by atoms with van der Waals surface area (Å²) in [6, 6.07) is 4.66. The van der Waals surface area contributed by atoms with Gasteiger partial charge in [-0.1, -0.05) is 20.8 Å². The molecular weight excluding hydrogens is 479 g/mol. The van der Waals surface area contributed by atoms with E-state index in [-0.39, 0.29) is 34.8 Å². The average molecular weight is 527 g/mol. The quantitative estimate of drug-likeness (QED) is 0.507. The topological polar surface area (TPSA) is 64.0 Å². The number of anilines is 2. The van der Waals surface area contributed by atoms with Gasteiger partial charge in [0.1, 0.15) is 5.82 Å². The van der Waals surface area contributed by atoms with Crippen molar-refractivity contribution in [3.8, 4) is 0 Å². The molecule has 0 bridgehead atoms. The smallest absolute Gasteiger partial charge is 0.228 e. The predicted molar refractivity (Wildman–Crippen MR) is 148 cm³/mol. The first-order valence-corrected chi connectivity index (χ1v) is 15.2. The van der Waals surface area contributed by atoms with E-state index in [9.17, 15) is 19.4 Å². The molecule has 1 aliphatic heterocycles. The fourth-order valence-corrected chi connectivity index (χ4v) is 10.5. The Kier molecular flexibility index (Phi) is 6.62. The van der Waals surface area contributed by atoms with Gasteiger partial charge in [0, 0.05) is 13.5 Å². The van der Waals surface area contributed by atoms with E-state index >= 15 is 0 Å². The van der Waals surface area contributed by atoms with E-state index in [0.717, 1.165) is 49.9 Å². The Morgan fingerprint density at radius 3 is 2.66 bits per heavy atom. The number of aliphatic hydroxyl groups excluding tert-OH is 2. The molecule has 210 valence electrons. The van der Waals surface area contributed by atoms with Gasteiger partial charge in [0.2, 0.25) is 5.91 Å². The maximum atomic E-state index is 13.8. The minimum atomic E-state index is -0.296. The third-order valence-corrected chi connectivity index (χ3v) is 12.6. The molecule has 1 aromatic carbocycles.